The Morgan fingerprint density at radius 1 is 1.21 bits per heavy atom. The molecule has 0 saturated carbocycles. The Labute approximate surface area is 181 Å². The largest absolute Gasteiger partial charge is 0.431 e. The van der Waals surface area contributed by atoms with Crippen LogP contribution in [0, 0.1) is 0 Å². The van der Waals surface area contributed by atoms with Crippen LogP contribution in [0.4, 0.5) is 10.8 Å². The van der Waals surface area contributed by atoms with Crippen LogP contribution in [0.25, 0.3) is 11.1 Å². The number of anilines is 2. The standard InChI is InChI=1S/C21H18ClN3O2S2/c1-3-14-4-7-17(8-5-14)25(13(2)26)20-23-16(11-28-20)12-29-21-24-18-10-15(22)6-9-19(18)27-21/h4-11H,3,12H2,1-2H3. The van der Waals surface area contributed by atoms with E-state index in [1.807, 2.05) is 35.7 Å². The van der Waals surface area contributed by atoms with Gasteiger partial charge in [0.25, 0.3) is 5.22 Å². The highest BCUT2D eigenvalue weighted by Crippen LogP contribution is 2.32. The first-order valence-electron chi connectivity index (χ1n) is 9.06. The number of fused-ring (bicyclic) bond motifs is 1. The molecule has 0 aliphatic carbocycles. The molecule has 5 nitrogen and oxygen atoms in total. The summed E-state index contributed by atoms with van der Waals surface area (Å²) in [5.41, 5.74) is 4.35. The summed E-state index contributed by atoms with van der Waals surface area (Å²) in [6.07, 6.45) is 0.959. The van der Waals surface area contributed by atoms with E-state index in [1.165, 1.54) is 28.7 Å². The van der Waals surface area contributed by atoms with Gasteiger partial charge in [0.1, 0.15) is 5.52 Å². The highest BCUT2D eigenvalue weighted by Gasteiger charge is 2.18. The van der Waals surface area contributed by atoms with Crippen molar-refractivity contribution in [3.63, 3.8) is 0 Å². The Balaban J connectivity index is 1.50. The second-order valence-corrected chi connectivity index (χ2v) is 8.58. The van der Waals surface area contributed by atoms with Crippen LogP contribution in [0.5, 0.6) is 0 Å². The molecule has 0 spiro atoms. The molecular formula is C21H18ClN3O2S2. The van der Waals surface area contributed by atoms with Crippen LogP contribution in [0.3, 0.4) is 0 Å². The van der Waals surface area contributed by atoms with Crippen molar-refractivity contribution in [3.05, 3.63) is 64.1 Å². The van der Waals surface area contributed by atoms with E-state index in [-0.39, 0.29) is 5.91 Å². The lowest BCUT2D eigenvalue weighted by Gasteiger charge is -2.18. The summed E-state index contributed by atoms with van der Waals surface area (Å²) in [5.74, 6) is 0.524. The van der Waals surface area contributed by atoms with Crippen LogP contribution < -0.4 is 4.90 Å². The van der Waals surface area contributed by atoms with E-state index in [0.29, 0.717) is 26.7 Å². The Hall–Kier alpha value is -2.35. The van der Waals surface area contributed by atoms with Crippen LogP contribution in [0.15, 0.2) is 57.5 Å². The predicted molar refractivity (Wildman–Crippen MR) is 119 cm³/mol. The molecule has 0 N–H and O–H groups in total. The highest BCUT2D eigenvalue weighted by atomic mass is 35.5. The van der Waals surface area contributed by atoms with Crippen molar-refractivity contribution in [1.29, 1.82) is 0 Å². The summed E-state index contributed by atoms with van der Waals surface area (Å²) in [7, 11) is 0. The van der Waals surface area contributed by atoms with Gasteiger partial charge in [0.15, 0.2) is 10.7 Å². The summed E-state index contributed by atoms with van der Waals surface area (Å²) in [6, 6.07) is 13.4. The van der Waals surface area contributed by atoms with Gasteiger partial charge >= 0.3 is 0 Å². The van der Waals surface area contributed by atoms with Gasteiger partial charge in [-0.25, -0.2) is 9.97 Å². The number of amides is 1. The molecule has 8 heteroatoms. The molecule has 0 unspecified atom stereocenters. The van der Waals surface area contributed by atoms with Crippen molar-refractivity contribution in [1.82, 2.24) is 9.97 Å². The zero-order chi connectivity index (χ0) is 20.4. The summed E-state index contributed by atoms with van der Waals surface area (Å²) in [6.45, 7) is 3.65. The highest BCUT2D eigenvalue weighted by molar-refractivity contribution is 7.98. The number of hydrogen-bond acceptors (Lipinski definition) is 6. The SMILES string of the molecule is CCc1ccc(N(C(C)=O)c2nc(CSc3nc4cc(Cl)ccc4o3)cs2)cc1. The third-order valence-corrected chi connectivity index (χ3v) is 6.29. The van der Waals surface area contributed by atoms with Crippen molar-refractivity contribution in [2.24, 2.45) is 0 Å². The lowest BCUT2D eigenvalue weighted by molar-refractivity contribution is -0.115. The fourth-order valence-electron chi connectivity index (χ4n) is 2.85. The Bertz CT molecular complexity index is 1150. The van der Waals surface area contributed by atoms with Gasteiger partial charge in [-0.2, -0.15) is 0 Å². The van der Waals surface area contributed by atoms with Gasteiger partial charge in [-0.3, -0.25) is 9.69 Å². The van der Waals surface area contributed by atoms with Crippen LogP contribution >= 0.6 is 34.7 Å². The molecule has 0 aliphatic rings. The minimum Gasteiger partial charge on any atom is -0.431 e. The number of thioether (sulfide) groups is 1. The molecule has 0 aliphatic heterocycles. The second kappa shape index (κ2) is 8.57. The molecule has 4 aromatic rings. The molecule has 0 fully saturated rings. The number of halogens is 1. The van der Waals surface area contributed by atoms with E-state index >= 15 is 0 Å². The van der Waals surface area contributed by atoms with Crippen LogP contribution in [-0.2, 0) is 17.0 Å². The first-order chi connectivity index (χ1) is 14.0. The number of rotatable bonds is 6. The zero-order valence-corrected chi connectivity index (χ0v) is 18.3. The quantitative estimate of drug-likeness (QED) is 0.319. The van der Waals surface area contributed by atoms with Crippen LogP contribution in [0.2, 0.25) is 5.02 Å². The van der Waals surface area contributed by atoms with Gasteiger partial charge in [-0.1, -0.05) is 42.4 Å². The van der Waals surface area contributed by atoms with Crippen molar-refractivity contribution in [2.75, 3.05) is 4.90 Å². The molecule has 1 amide bonds. The summed E-state index contributed by atoms with van der Waals surface area (Å²) in [5, 5.41) is 3.80. The normalized spacial score (nSPS) is 11.1. The van der Waals surface area contributed by atoms with Crippen molar-refractivity contribution < 1.29 is 9.21 Å². The molecule has 2 heterocycles. The first-order valence-corrected chi connectivity index (χ1v) is 11.3. The van der Waals surface area contributed by atoms with Gasteiger partial charge in [0.2, 0.25) is 5.91 Å². The molecule has 148 valence electrons. The number of thiazole rings is 1. The van der Waals surface area contributed by atoms with E-state index < -0.39 is 0 Å². The molecule has 2 aromatic heterocycles. The molecule has 0 atom stereocenters. The van der Waals surface area contributed by atoms with Gasteiger partial charge in [-0.05, 0) is 42.3 Å². The second-order valence-electron chi connectivity index (χ2n) is 6.38. The number of aryl methyl sites for hydroxylation is 1. The Morgan fingerprint density at radius 2 is 2.00 bits per heavy atom. The molecule has 2 aromatic carbocycles. The lowest BCUT2D eigenvalue weighted by atomic mass is 10.1. The Morgan fingerprint density at radius 3 is 2.72 bits per heavy atom. The maximum atomic E-state index is 12.3. The predicted octanol–water partition coefficient (Wildman–Crippen LogP) is 6.48. The lowest BCUT2D eigenvalue weighted by Crippen LogP contribution is -2.22. The minimum absolute atomic E-state index is 0.0707. The van der Waals surface area contributed by atoms with Gasteiger partial charge in [-0.15, -0.1) is 11.3 Å². The molecule has 0 radical (unpaired) electrons. The summed E-state index contributed by atoms with van der Waals surface area (Å²) in [4.78, 5) is 23.0. The molecular weight excluding hydrogens is 426 g/mol. The van der Waals surface area contributed by atoms with Gasteiger partial charge in [0, 0.05) is 23.1 Å². The number of carbonyl (C=O) groups is 1. The van der Waals surface area contributed by atoms with E-state index in [1.54, 1.807) is 24.0 Å². The maximum Gasteiger partial charge on any atom is 0.257 e. The number of aromatic nitrogens is 2. The number of carbonyl (C=O) groups excluding carboxylic acids is 1. The average Bonchev–Trinajstić information content (AvgIpc) is 3.33. The number of nitrogens with zero attached hydrogens (tertiary/aromatic N) is 3. The third-order valence-electron chi connectivity index (χ3n) is 4.32. The molecule has 0 saturated heterocycles. The maximum absolute atomic E-state index is 12.3. The van der Waals surface area contributed by atoms with Crippen LogP contribution in [-0.4, -0.2) is 15.9 Å². The molecule has 4 rings (SSSR count). The van der Waals surface area contributed by atoms with Crippen LogP contribution in [0.1, 0.15) is 25.1 Å². The van der Waals surface area contributed by atoms with Gasteiger partial charge in [0.05, 0.1) is 11.4 Å². The van der Waals surface area contributed by atoms with Crippen molar-refractivity contribution >= 4 is 62.5 Å². The van der Waals surface area contributed by atoms with Crippen molar-refractivity contribution in [3.8, 4) is 0 Å². The van der Waals surface area contributed by atoms with E-state index in [0.717, 1.165) is 23.3 Å². The fraction of sp³-hybridized carbons (Fsp3) is 0.190. The monoisotopic (exact) mass is 443 g/mol. The molecule has 0 bridgehead atoms. The van der Waals surface area contributed by atoms with E-state index in [4.69, 9.17) is 16.0 Å². The number of oxazole rings is 1. The van der Waals surface area contributed by atoms with Crippen molar-refractivity contribution in [2.45, 2.75) is 31.2 Å². The van der Waals surface area contributed by atoms with Gasteiger partial charge < -0.3 is 4.42 Å². The smallest absolute Gasteiger partial charge is 0.257 e. The van der Waals surface area contributed by atoms with E-state index in [9.17, 15) is 4.79 Å². The third kappa shape index (κ3) is 4.47. The first kappa shape index (κ1) is 19.9. The topological polar surface area (TPSA) is 59.2 Å². The average molecular weight is 444 g/mol. The number of benzene rings is 2. The minimum atomic E-state index is -0.0707. The zero-order valence-electron chi connectivity index (χ0n) is 15.9. The Kier molecular flexibility index (Phi) is 5.89. The van der Waals surface area contributed by atoms with E-state index in [2.05, 4.69) is 16.9 Å². The number of hydrogen-bond donors (Lipinski definition) is 0. The summed E-state index contributed by atoms with van der Waals surface area (Å²) >= 11 is 8.90. The fourth-order valence-corrected chi connectivity index (χ4v) is 4.74. The summed E-state index contributed by atoms with van der Waals surface area (Å²) < 4.78 is 5.73. The molecule has 29 heavy (non-hydrogen) atoms.